The predicted molar refractivity (Wildman–Crippen MR) is 110 cm³/mol. The van der Waals surface area contributed by atoms with Gasteiger partial charge in [-0.05, 0) is 73.4 Å². The Morgan fingerprint density at radius 3 is 2.96 bits per heavy atom. The molecule has 1 unspecified atom stereocenters. The van der Waals surface area contributed by atoms with Crippen LogP contribution in [0.1, 0.15) is 30.4 Å². The monoisotopic (exact) mass is 377 g/mol. The summed E-state index contributed by atoms with van der Waals surface area (Å²) in [7, 11) is 0. The highest BCUT2D eigenvalue weighted by atomic mass is 16.3. The fraction of sp³-hybridized carbons (Fsp3) is 0.455. The van der Waals surface area contributed by atoms with Gasteiger partial charge in [-0.2, -0.15) is 15.4 Å². The van der Waals surface area contributed by atoms with E-state index in [4.69, 9.17) is 5.73 Å². The number of hydrogen-bond acceptors (Lipinski definition) is 5. The van der Waals surface area contributed by atoms with Crippen LogP contribution in [0.2, 0.25) is 0 Å². The largest absolute Gasteiger partial charge is 0.505 e. The maximum atomic E-state index is 10.8. The quantitative estimate of drug-likeness (QED) is 0.653. The molecule has 6 nitrogen and oxygen atoms in total. The molecule has 0 saturated carbocycles. The third kappa shape index (κ3) is 3.16. The fourth-order valence-corrected chi connectivity index (χ4v) is 5.01. The van der Waals surface area contributed by atoms with E-state index in [0.717, 1.165) is 43.5 Å². The van der Waals surface area contributed by atoms with Gasteiger partial charge in [0.05, 0.1) is 0 Å². The topological polar surface area (TPSA) is 91.1 Å². The van der Waals surface area contributed by atoms with Gasteiger partial charge >= 0.3 is 0 Å². The molecule has 28 heavy (non-hydrogen) atoms. The highest BCUT2D eigenvalue weighted by Gasteiger charge is 2.26. The SMILES string of the molecule is N[C@@H]1CCCN(CC2CCc3cccc(-c4ccc5n[nH]nc5c4O)c3C2)C1. The van der Waals surface area contributed by atoms with E-state index in [-0.39, 0.29) is 5.75 Å². The first-order valence-corrected chi connectivity index (χ1v) is 10.3. The van der Waals surface area contributed by atoms with Crippen LogP contribution in [-0.4, -0.2) is 51.1 Å². The molecule has 0 radical (unpaired) electrons. The number of aromatic nitrogens is 3. The molecule has 6 heteroatoms. The molecule has 3 aromatic rings. The molecule has 4 N–H and O–H groups in total. The second-order valence-corrected chi connectivity index (χ2v) is 8.37. The molecule has 1 fully saturated rings. The Kier molecular flexibility index (Phi) is 4.53. The molecule has 5 rings (SSSR count). The first kappa shape index (κ1) is 17.6. The number of H-pyrrole nitrogens is 1. The smallest absolute Gasteiger partial charge is 0.155 e. The highest BCUT2D eigenvalue weighted by Crippen LogP contribution is 2.40. The number of nitrogens with two attached hydrogens (primary N) is 1. The molecule has 1 saturated heterocycles. The summed E-state index contributed by atoms with van der Waals surface area (Å²) in [6, 6.07) is 10.7. The van der Waals surface area contributed by atoms with Gasteiger partial charge in [0.2, 0.25) is 0 Å². The summed E-state index contributed by atoms with van der Waals surface area (Å²) in [5.41, 5.74) is 12.1. The van der Waals surface area contributed by atoms with Crippen LogP contribution in [0.4, 0.5) is 0 Å². The predicted octanol–water partition coefficient (Wildman–Crippen LogP) is 2.86. The van der Waals surface area contributed by atoms with Gasteiger partial charge in [-0.25, -0.2) is 0 Å². The second kappa shape index (κ2) is 7.18. The lowest BCUT2D eigenvalue weighted by Gasteiger charge is -2.35. The van der Waals surface area contributed by atoms with Crippen molar-refractivity contribution < 1.29 is 5.11 Å². The molecular weight excluding hydrogens is 350 g/mol. The van der Waals surface area contributed by atoms with Gasteiger partial charge in [0.1, 0.15) is 5.52 Å². The van der Waals surface area contributed by atoms with E-state index >= 15 is 0 Å². The van der Waals surface area contributed by atoms with Crippen molar-refractivity contribution in [2.75, 3.05) is 19.6 Å². The Morgan fingerprint density at radius 2 is 2.07 bits per heavy atom. The number of aromatic hydroxyl groups is 1. The molecule has 2 aromatic carbocycles. The van der Waals surface area contributed by atoms with Crippen LogP contribution >= 0.6 is 0 Å². The molecule has 1 aliphatic heterocycles. The zero-order chi connectivity index (χ0) is 19.1. The molecule has 2 aliphatic rings. The number of phenolic OH excluding ortho intramolecular Hbond substituents is 1. The van der Waals surface area contributed by atoms with Crippen LogP contribution in [0.5, 0.6) is 5.75 Å². The maximum absolute atomic E-state index is 10.8. The minimum Gasteiger partial charge on any atom is -0.505 e. The molecule has 0 amide bonds. The zero-order valence-electron chi connectivity index (χ0n) is 16.1. The van der Waals surface area contributed by atoms with Gasteiger partial charge in [-0.1, -0.05) is 18.2 Å². The van der Waals surface area contributed by atoms with Crippen LogP contribution in [0, 0.1) is 5.92 Å². The number of benzene rings is 2. The first-order chi connectivity index (χ1) is 13.7. The Bertz CT molecular complexity index is 998. The van der Waals surface area contributed by atoms with Crippen molar-refractivity contribution in [3.63, 3.8) is 0 Å². The van der Waals surface area contributed by atoms with Gasteiger partial charge in [0.25, 0.3) is 0 Å². The minimum absolute atomic E-state index is 0.212. The summed E-state index contributed by atoms with van der Waals surface area (Å²) < 4.78 is 0. The van der Waals surface area contributed by atoms with Crippen molar-refractivity contribution in [1.82, 2.24) is 20.3 Å². The van der Waals surface area contributed by atoms with Gasteiger partial charge in [0, 0.05) is 24.7 Å². The van der Waals surface area contributed by atoms with Crippen molar-refractivity contribution in [3.8, 4) is 16.9 Å². The minimum atomic E-state index is 0.212. The Hall–Kier alpha value is -2.44. The van der Waals surface area contributed by atoms with Crippen molar-refractivity contribution >= 4 is 11.0 Å². The fourth-order valence-electron chi connectivity index (χ4n) is 5.01. The number of rotatable bonds is 3. The van der Waals surface area contributed by atoms with Crippen molar-refractivity contribution in [3.05, 3.63) is 41.5 Å². The summed E-state index contributed by atoms with van der Waals surface area (Å²) in [4.78, 5) is 2.55. The van der Waals surface area contributed by atoms with E-state index in [0.29, 0.717) is 23.0 Å². The number of aryl methyl sites for hydroxylation is 1. The van der Waals surface area contributed by atoms with Gasteiger partial charge in [-0.15, -0.1) is 0 Å². The van der Waals surface area contributed by atoms with E-state index < -0.39 is 0 Å². The van der Waals surface area contributed by atoms with Crippen molar-refractivity contribution in [2.24, 2.45) is 11.7 Å². The third-order valence-electron chi connectivity index (χ3n) is 6.40. The number of hydrogen-bond donors (Lipinski definition) is 3. The number of piperidine rings is 1. The molecule has 0 spiro atoms. The Morgan fingerprint density at radius 1 is 1.14 bits per heavy atom. The van der Waals surface area contributed by atoms with E-state index in [1.165, 1.54) is 30.5 Å². The molecule has 1 aliphatic carbocycles. The van der Waals surface area contributed by atoms with Crippen LogP contribution in [-0.2, 0) is 12.8 Å². The van der Waals surface area contributed by atoms with Crippen LogP contribution in [0.3, 0.4) is 0 Å². The molecule has 0 bridgehead atoms. The number of phenols is 1. The van der Waals surface area contributed by atoms with Gasteiger partial charge in [0.15, 0.2) is 11.3 Å². The highest BCUT2D eigenvalue weighted by molar-refractivity contribution is 5.90. The summed E-state index contributed by atoms with van der Waals surface area (Å²) in [5, 5.41) is 21.6. The van der Waals surface area contributed by atoms with Gasteiger partial charge in [-0.3, -0.25) is 0 Å². The number of nitrogens with one attached hydrogen (secondary N) is 1. The van der Waals surface area contributed by atoms with Crippen LogP contribution < -0.4 is 5.73 Å². The average molecular weight is 377 g/mol. The summed E-state index contributed by atoms with van der Waals surface area (Å²) in [6.07, 6.45) is 5.73. The zero-order valence-corrected chi connectivity index (χ0v) is 16.1. The summed E-state index contributed by atoms with van der Waals surface area (Å²) in [6.45, 7) is 3.31. The lowest BCUT2D eigenvalue weighted by atomic mass is 9.79. The molecule has 1 aromatic heterocycles. The van der Waals surface area contributed by atoms with E-state index in [1.807, 2.05) is 12.1 Å². The van der Waals surface area contributed by atoms with E-state index in [1.54, 1.807) is 0 Å². The van der Waals surface area contributed by atoms with E-state index in [9.17, 15) is 5.11 Å². The number of fused-ring (bicyclic) bond motifs is 2. The second-order valence-electron chi connectivity index (χ2n) is 8.37. The number of nitrogens with zero attached hydrogens (tertiary/aromatic N) is 3. The third-order valence-corrected chi connectivity index (χ3v) is 6.40. The summed E-state index contributed by atoms with van der Waals surface area (Å²) in [5.74, 6) is 0.848. The first-order valence-electron chi connectivity index (χ1n) is 10.3. The average Bonchev–Trinajstić information content (AvgIpc) is 3.18. The van der Waals surface area contributed by atoms with Crippen molar-refractivity contribution in [2.45, 2.75) is 38.1 Å². The van der Waals surface area contributed by atoms with Crippen molar-refractivity contribution in [1.29, 1.82) is 0 Å². The lowest BCUT2D eigenvalue weighted by molar-refractivity contribution is 0.173. The lowest BCUT2D eigenvalue weighted by Crippen LogP contribution is -2.45. The molecule has 2 atom stereocenters. The van der Waals surface area contributed by atoms with Crippen LogP contribution in [0.15, 0.2) is 30.3 Å². The summed E-state index contributed by atoms with van der Waals surface area (Å²) >= 11 is 0. The molecule has 146 valence electrons. The maximum Gasteiger partial charge on any atom is 0.155 e. The Balaban J connectivity index is 1.45. The molecular formula is C22H27N5O. The normalized spacial score (nSPS) is 23.0. The van der Waals surface area contributed by atoms with Crippen LogP contribution in [0.25, 0.3) is 22.2 Å². The standard InChI is InChI=1S/C22H27N5O/c23-16-4-2-10-27(13-16)12-14-6-7-15-3-1-5-17(19(15)11-14)18-8-9-20-21(22(18)28)25-26-24-20/h1,3,5,8-9,14,16,28H,2,4,6-7,10-13,23H2,(H,24,25,26)/t14?,16-/m1/s1. The molecule has 2 heterocycles. The number of aromatic amines is 1. The van der Waals surface area contributed by atoms with Gasteiger partial charge < -0.3 is 15.7 Å². The Labute approximate surface area is 164 Å². The number of likely N-dealkylation sites (tertiary alicyclic amines) is 1. The van der Waals surface area contributed by atoms with E-state index in [2.05, 4.69) is 38.5 Å².